The van der Waals surface area contributed by atoms with Gasteiger partial charge in [-0.3, -0.25) is 0 Å². The van der Waals surface area contributed by atoms with E-state index in [2.05, 4.69) is 11.4 Å². The molecule has 4 heteroatoms. The zero-order chi connectivity index (χ0) is 15.2. The van der Waals surface area contributed by atoms with E-state index in [0.717, 1.165) is 5.56 Å². The van der Waals surface area contributed by atoms with E-state index in [-0.39, 0.29) is 11.9 Å². The second-order valence-electron chi connectivity index (χ2n) is 4.87. The lowest BCUT2D eigenvalue weighted by atomic mass is 10.1. The van der Waals surface area contributed by atoms with Crippen LogP contribution in [0.3, 0.4) is 0 Å². The molecular weight excluding hydrogens is 267 g/mol. The van der Waals surface area contributed by atoms with Crippen molar-refractivity contribution in [2.45, 2.75) is 19.4 Å². The Hall–Kier alpha value is -2.54. The molecule has 0 amide bonds. The van der Waals surface area contributed by atoms with Crippen LogP contribution in [-0.4, -0.2) is 13.2 Å². The van der Waals surface area contributed by atoms with Gasteiger partial charge in [0.2, 0.25) is 0 Å². The Balaban J connectivity index is 2.16. The highest BCUT2D eigenvalue weighted by Crippen LogP contribution is 2.28. The van der Waals surface area contributed by atoms with Crippen LogP contribution in [-0.2, 0) is 6.42 Å². The third-order valence-electron chi connectivity index (χ3n) is 3.19. The third kappa shape index (κ3) is 3.73. The van der Waals surface area contributed by atoms with Gasteiger partial charge in [0.1, 0.15) is 17.6 Å². The Morgan fingerprint density at radius 2 is 2.05 bits per heavy atom. The van der Waals surface area contributed by atoms with Gasteiger partial charge in [0, 0.05) is 6.04 Å². The van der Waals surface area contributed by atoms with Gasteiger partial charge in [-0.25, -0.2) is 4.39 Å². The molecule has 21 heavy (non-hydrogen) atoms. The lowest BCUT2D eigenvalue weighted by Crippen LogP contribution is -2.19. The number of para-hydroxylation sites is 1. The van der Waals surface area contributed by atoms with Crippen LogP contribution in [0.4, 0.5) is 10.1 Å². The van der Waals surface area contributed by atoms with Gasteiger partial charge in [0.25, 0.3) is 0 Å². The number of nitrogens with zero attached hydrogens (tertiary/aromatic N) is 1. The number of anilines is 1. The van der Waals surface area contributed by atoms with E-state index in [0.29, 0.717) is 23.4 Å². The molecular formula is C17H17FN2O. The predicted octanol–water partition coefficient (Wildman–Crippen LogP) is 3.75. The van der Waals surface area contributed by atoms with Gasteiger partial charge in [0.15, 0.2) is 0 Å². The molecule has 3 nitrogen and oxygen atoms in total. The van der Waals surface area contributed by atoms with Gasteiger partial charge in [-0.15, -0.1) is 0 Å². The zero-order valence-corrected chi connectivity index (χ0v) is 12.1. The van der Waals surface area contributed by atoms with Crippen LogP contribution in [0.2, 0.25) is 0 Å². The van der Waals surface area contributed by atoms with Gasteiger partial charge in [-0.05, 0) is 43.2 Å². The van der Waals surface area contributed by atoms with E-state index < -0.39 is 0 Å². The fourth-order valence-electron chi connectivity index (χ4n) is 2.26. The molecule has 0 radical (unpaired) electrons. The van der Waals surface area contributed by atoms with Gasteiger partial charge in [-0.1, -0.05) is 18.2 Å². The summed E-state index contributed by atoms with van der Waals surface area (Å²) in [5.41, 5.74) is 2.11. The van der Waals surface area contributed by atoms with Crippen LogP contribution in [0.15, 0.2) is 42.5 Å². The first-order chi connectivity index (χ1) is 10.1. The van der Waals surface area contributed by atoms with Crippen molar-refractivity contribution in [3.63, 3.8) is 0 Å². The Morgan fingerprint density at radius 3 is 2.71 bits per heavy atom. The number of hydrogen-bond acceptors (Lipinski definition) is 3. The highest BCUT2D eigenvalue weighted by Gasteiger charge is 2.12. The maximum Gasteiger partial charge on any atom is 0.143 e. The SMILES string of the molecule is COc1cccc(C#N)c1NC(C)Cc1cccc(F)c1. The van der Waals surface area contributed by atoms with Crippen molar-refractivity contribution in [1.29, 1.82) is 5.26 Å². The largest absolute Gasteiger partial charge is 0.495 e. The van der Waals surface area contributed by atoms with E-state index in [1.54, 1.807) is 31.4 Å². The summed E-state index contributed by atoms with van der Waals surface area (Å²) in [6, 6.07) is 14.0. The number of rotatable bonds is 5. The van der Waals surface area contributed by atoms with Crippen molar-refractivity contribution in [1.82, 2.24) is 0 Å². The van der Waals surface area contributed by atoms with Crippen LogP contribution >= 0.6 is 0 Å². The lowest BCUT2D eigenvalue weighted by molar-refractivity contribution is 0.416. The van der Waals surface area contributed by atoms with E-state index in [4.69, 9.17) is 4.74 Å². The molecule has 1 unspecified atom stereocenters. The molecule has 0 saturated heterocycles. The Morgan fingerprint density at radius 1 is 1.29 bits per heavy atom. The number of nitrogens with one attached hydrogen (secondary N) is 1. The maximum absolute atomic E-state index is 13.2. The van der Waals surface area contributed by atoms with E-state index in [1.165, 1.54) is 12.1 Å². The number of halogens is 1. The molecule has 2 rings (SSSR count). The molecule has 0 heterocycles. The third-order valence-corrected chi connectivity index (χ3v) is 3.19. The second kappa shape index (κ2) is 6.76. The number of hydrogen-bond donors (Lipinski definition) is 1. The van der Waals surface area contributed by atoms with Crippen molar-refractivity contribution in [3.8, 4) is 11.8 Å². The topological polar surface area (TPSA) is 45.0 Å². The minimum atomic E-state index is -0.241. The van der Waals surface area contributed by atoms with Crippen LogP contribution in [0.25, 0.3) is 0 Å². The summed E-state index contributed by atoms with van der Waals surface area (Å²) in [5, 5.41) is 12.5. The van der Waals surface area contributed by atoms with Gasteiger partial charge >= 0.3 is 0 Å². The Bertz CT molecular complexity index is 664. The van der Waals surface area contributed by atoms with Crippen molar-refractivity contribution >= 4 is 5.69 Å². The first-order valence-corrected chi connectivity index (χ1v) is 6.72. The van der Waals surface area contributed by atoms with E-state index in [9.17, 15) is 9.65 Å². The highest BCUT2D eigenvalue weighted by molar-refractivity contribution is 5.66. The van der Waals surface area contributed by atoms with E-state index in [1.807, 2.05) is 13.0 Å². The summed E-state index contributed by atoms with van der Waals surface area (Å²) >= 11 is 0. The van der Waals surface area contributed by atoms with Gasteiger partial charge < -0.3 is 10.1 Å². The second-order valence-corrected chi connectivity index (χ2v) is 4.87. The van der Waals surface area contributed by atoms with Crippen LogP contribution in [0.5, 0.6) is 5.75 Å². The highest BCUT2D eigenvalue weighted by atomic mass is 19.1. The first-order valence-electron chi connectivity index (χ1n) is 6.72. The molecule has 0 aliphatic heterocycles. The summed E-state index contributed by atoms with van der Waals surface area (Å²) in [5.74, 6) is 0.384. The summed E-state index contributed by atoms with van der Waals surface area (Å²) in [4.78, 5) is 0. The number of methoxy groups -OCH3 is 1. The van der Waals surface area contributed by atoms with Crippen molar-refractivity contribution in [2.24, 2.45) is 0 Å². The molecule has 2 aromatic carbocycles. The standard InChI is InChI=1S/C17H17FN2O/c1-12(9-13-5-3-7-15(18)10-13)20-17-14(11-19)6-4-8-16(17)21-2/h3-8,10,12,20H,9H2,1-2H3. The van der Waals surface area contributed by atoms with Crippen LogP contribution in [0.1, 0.15) is 18.1 Å². The molecule has 1 N–H and O–H groups in total. The van der Waals surface area contributed by atoms with Gasteiger partial charge in [-0.2, -0.15) is 5.26 Å². The van der Waals surface area contributed by atoms with Crippen LogP contribution in [0, 0.1) is 17.1 Å². The average molecular weight is 284 g/mol. The van der Waals surface area contributed by atoms with Crippen molar-refractivity contribution in [2.75, 3.05) is 12.4 Å². The minimum absolute atomic E-state index is 0.0372. The van der Waals surface area contributed by atoms with E-state index >= 15 is 0 Å². The first kappa shape index (κ1) is 14.9. The molecule has 2 aromatic rings. The Kier molecular flexibility index (Phi) is 4.78. The number of nitriles is 1. The molecule has 0 saturated carbocycles. The monoisotopic (exact) mass is 284 g/mol. The van der Waals surface area contributed by atoms with Crippen molar-refractivity contribution < 1.29 is 9.13 Å². The minimum Gasteiger partial charge on any atom is -0.495 e. The van der Waals surface area contributed by atoms with Gasteiger partial charge in [0.05, 0.1) is 18.4 Å². The fraction of sp³-hybridized carbons (Fsp3) is 0.235. The Labute approximate surface area is 124 Å². The van der Waals surface area contributed by atoms with Crippen LogP contribution < -0.4 is 10.1 Å². The number of ether oxygens (including phenoxy) is 1. The normalized spacial score (nSPS) is 11.5. The molecule has 0 spiro atoms. The summed E-state index contributed by atoms with van der Waals surface area (Å²) in [6.45, 7) is 1.98. The zero-order valence-electron chi connectivity index (χ0n) is 12.1. The summed E-state index contributed by atoms with van der Waals surface area (Å²) < 4.78 is 18.5. The molecule has 1 atom stereocenters. The fourth-order valence-corrected chi connectivity index (χ4v) is 2.26. The number of benzene rings is 2. The average Bonchev–Trinajstić information content (AvgIpc) is 2.47. The maximum atomic E-state index is 13.2. The molecule has 0 aliphatic carbocycles. The quantitative estimate of drug-likeness (QED) is 0.909. The lowest BCUT2D eigenvalue weighted by Gasteiger charge is -2.18. The molecule has 108 valence electrons. The summed E-state index contributed by atoms with van der Waals surface area (Å²) in [7, 11) is 1.57. The predicted molar refractivity (Wildman–Crippen MR) is 80.9 cm³/mol. The molecule has 0 aromatic heterocycles. The molecule has 0 aliphatic rings. The summed E-state index contributed by atoms with van der Waals surface area (Å²) in [6.07, 6.45) is 0.653. The smallest absolute Gasteiger partial charge is 0.143 e. The molecule has 0 bridgehead atoms. The van der Waals surface area contributed by atoms with Crippen molar-refractivity contribution in [3.05, 3.63) is 59.4 Å². The molecule has 0 fully saturated rings.